The summed E-state index contributed by atoms with van der Waals surface area (Å²) < 4.78 is 25.0. The van der Waals surface area contributed by atoms with Crippen molar-refractivity contribution in [3.63, 3.8) is 0 Å². The van der Waals surface area contributed by atoms with Crippen LogP contribution in [0.2, 0.25) is 0 Å². The van der Waals surface area contributed by atoms with Crippen LogP contribution in [0.3, 0.4) is 0 Å². The van der Waals surface area contributed by atoms with E-state index < -0.39 is 10.0 Å². The minimum atomic E-state index is -3.15. The highest BCUT2D eigenvalue weighted by molar-refractivity contribution is 9.10. The van der Waals surface area contributed by atoms with Gasteiger partial charge in [0, 0.05) is 29.3 Å². The number of hydrogen-bond acceptors (Lipinski definition) is 4. The lowest BCUT2D eigenvalue weighted by molar-refractivity contribution is 0.0923. The van der Waals surface area contributed by atoms with Crippen molar-refractivity contribution in [3.8, 4) is 0 Å². The molecular formula is C13H18BrN3O3S. The average molecular weight is 376 g/mol. The molecule has 21 heavy (non-hydrogen) atoms. The van der Waals surface area contributed by atoms with Gasteiger partial charge in [0.25, 0.3) is 5.91 Å². The summed E-state index contributed by atoms with van der Waals surface area (Å²) in [5, 5.41) is 2.93. The minimum Gasteiger partial charge on any atom is -0.399 e. The van der Waals surface area contributed by atoms with Crippen LogP contribution in [0.5, 0.6) is 0 Å². The first kappa shape index (κ1) is 16.3. The summed E-state index contributed by atoms with van der Waals surface area (Å²) in [7, 11) is -3.15. The van der Waals surface area contributed by atoms with Crippen LogP contribution in [0.1, 0.15) is 23.2 Å². The molecule has 1 aliphatic heterocycles. The summed E-state index contributed by atoms with van der Waals surface area (Å²) in [5.74, 6) is -0.202. The van der Waals surface area contributed by atoms with Crippen LogP contribution in [0.25, 0.3) is 0 Å². The molecule has 1 saturated heterocycles. The summed E-state index contributed by atoms with van der Waals surface area (Å²) in [6.07, 6.45) is 2.42. The Morgan fingerprint density at radius 2 is 2.00 bits per heavy atom. The van der Waals surface area contributed by atoms with Crippen molar-refractivity contribution >= 4 is 37.5 Å². The van der Waals surface area contributed by atoms with Crippen LogP contribution >= 0.6 is 15.9 Å². The number of hydrogen-bond donors (Lipinski definition) is 2. The predicted octanol–water partition coefficient (Wildman–Crippen LogP) is 1.19. The number of carbonyl (C=O) groups is 1. The van der Waals surface area contributed by atoms with E-state index in [9.17, 15) is 13.2 Å². The van der Waals surface area contributed by atoms with Gasteiger partial charge in [0.15, 0.2) is 0 Å². The summed E-state index contributed by atoms with van der Waals surface area (Å²) in [6, 6.07) is 5.04. The number of sulfonamides is 1. The number of nitrogens with two attached hydrogens (primary N) is 1. The molecule has 0 radical (unpaired) electrons. The van der Waals surface area contributed by atoms with E-state index in [1.807, 2.05) is 0 Å². The third-order valence-electron chi connectivity index (χ3n) is 3.49. The van der Waals surface area contributed by atoms with Crippen molar-refractivity contribution in [2.45, 2.75) is 18.9 Å². The minimum absolute atomic E-state index is 0.0242. The number of anilines is 1. The maximum absolute atomic E-state index is 12.2. The molecule has 116 valence electrons. The number of nitrogen functional groups attached to an aromatic ring is 1. The van der Waals surface area contributed by atoms with Crippen LogP contribution in [0.4, 0.5) is 5.69 Å². The third-order valence-corrected chi connectivity index (χ3v) is 5.49. The van der Waals surface area contributed by atoms with E-state index in [-0.39, 0.29) is 11.9 Å². The molecule has 0 saturated carbocycles. The van der Waals surface area contributed by atoms with Gasteiger partial charge >= 0.3 is 0 Å². The van der Waals surface area contributed by atoms with Crippen LogP contribution in [0, 0.1) is 0 Å². The molecule has 1 aliphatic rings. The van der Waals surface area contributed by atoms with Gasteiger partial charge in [-0.1, -0.05) is 0 Å². The quantitative estimate of drug-likeness (QED) is 0.775. The number of amides is 1. The fourth-order valence-corrected chi connectivity index (χ4v) is 3.61. The number of nitrogens with one attached hydrogen (secondary N) is 1. The molecule has 2 rings (SSSR count). The maximum Gasteiger partial charge on any atom is 0.252 e. The van der Waals surface area contributed by atoms with Gasteiger partial charge in [-0.3, -0.25) is 4.79 Å². The van der Waals surface area contributed by atoms with Gasteiger partial charge in [0.2, 0.25) is 10.0 Å². The highest BCUT2D eigenvalue weighted by atomic mass is 79.9. The van der Waals surface area contributed by atoms with Gasteiger partial charge in [-0.2, -0.15) is 0 Å². The van der Waals surface area contributed by atoms with Crippen molar-refractivity contribution in [3.05, 3.63) is 28.2 Å². The number of piperidine rings is 1. The first-order valence-electron chi connectivity index (χ1n) is 6.58. The van der Waals surface area contributed by atoms with E-state index in [1.54, 1.807) is 18.2 Å². The molecule has 0 unspecified atom stereocenters. The Kier molecular flexibility index (Phi) is 4.90. The van der Waals surface area contributed by atoms with Gasteiger partial charge in [0.1, 0.15) is 0 Å². The molecule has 3 N–H and O–H groups in total. The van der Waals surface area contributed by atoms with Gasteiger partial charge < -0.3 is 11.1 Å². The Morgan fingerprint density at radius 3 is 2.57 bits per heavy atom. The topological polar surface area (TPSA) is 92.5 Å². The Bertz CT molecular complexity index is 640. The van der Waals surface area contributed by atoms with Gasteiger partial charge in [-0.05, 0) is 47.0 Å². The SMILES string of the molecule is CS(=O)(=O)N1CCC(NC(=O)c2cc(N)ccc2Br)CC1. The largest absolute Gasteiger partial charge is 0.399 e. The smallest absolute Gasteiger partial charge is 0.252 e. The summed E-state index contributed by atoms with van der Waals surface area (Å²) in [4.78, 5) is 12.2. The van der Waals surface area contributed by atoms with E-state index >= 15 is 0 Å². The molecule has 0 bridgehead atoms. The fraction of sp³-hybridized carbons (Fsp3) is 0.462. The molecule has 0 spiro atoms. The highest BCUT2D eigenvalue weighted by Crippen LogP contribution is 2.20. The number of rotatable bonds is 3. The van der Waals surface area contributed by atoms with Crippen molar-refractivity contribution in [1.29, 1.82) is 0 Å². The predicted molar refractivity (Wildman–Crippen MR) is 85.5 cm³/mol. The number of halogens is 1. The van der Waals surface area contributed by atoms with E-state index in [1.165, 1.54) is 10.6 Å². The zero-order valence-electron chi connectivity index (χ0n) is 11.7. The van der Waals surface area contributed by atoms with Crippen molar-refractivity contribution in [2.24, 2.45) is 0 Å². The number of nitrogens with zero attached hydrogens (tertiary/aromatic N) is 1. The lowest BCUT2D eigenvalue weighted by Gasteiger charge is -2.30. The highest BCUT2D eigenvalue weighted by Gasteiger charge is 2.26. The first-order chi connectivity index (χ1) is 9.77. The van der Waals surface area contributed by atoms with Crippen molar-refractivity contribution < 1.29 is 13.2 Å². The van der Waals surface area contributed by atoms with E-state index in [0.29, 0.717) is 41.7 Å². The molecule has 1 aromatic carbocycles. The van der Waals surface area contributed by atoms with E-state index in [2.05, 4.69) is 21.2 Å². The molecule has 1 fully saturated rings. The molecule has 8 heteroatoms. The summed E-state index contributed by atoms with van der Waals surface area (Å²) in [6.45, 7) is 0.865. The first-order valence-corrected chi connectivity index (χ1v) is 9.22. The molecule has 1 aromatic rings. The molecule has 0 aromatic heterocycles. The zero-order chi connectivity index (χ0) is 15.6. The van der Waals surface area contributed by atoms with Crippen molar-refractivity contribution in [1.82, 2.24) is 9.62 Å². The Balaban J connectivity index is 1.97. The Morgan fingerprint density at radius 1 is 1.38 bits per heavy atom. The van der Waals surface area contributed by atoms with Crippen LogP contribution < -0.4 is 11.1 Å². The third kappa shape index (κ3) is 4.18. The average Bonchev–Trinajstić information content (AvgIpc) is 2.41. The number of carbonyl (C=O) groups excluding carboxylic acids is 1. The molecule has 0 aliphatic carbocycles. The lowest BCUT2D eigenvalue weighted by Crippen LogP contribution is -2.46. The van der Waals surface area contributed by atoms with Gasteiger partial charge in [0.05, 0.1) is 11.8 Å². The van der Waals surface area contributed by atoms with E-state index in [4.69, 9.17) is 5.73 Å². The normalized spacial score (nSPS) is 17.6. The molecule has 6 nitrogen and oxygen atoms in total. The molecule has 1 amide bonds. The second kappa shape index (κ2) is 6.33. The number of benzene rings is 1. The lowest BCUT2D eigenvalue weighted by atomic mass is 10.1. The fourth-order valence-electron chi connectivity index (χ4n) is 2.31. The zero-order valence-corrected chi connectivity index (χ0v) is 14.1. The van der Waals surface area contributed by atoms with Crippen LogP contribution in [-0.4, -0.2) is 44.0 Å². The van der Waals surface area contributed by atoms with E-state index in [0.717, 1.165) is 0 Å². The summed E-state index contributed by atoms with van der Waals surface area (Å²) in [5.41, 5.74) is 6.70. The Hall–Kier alpha value is -1.12. The van der Waals surface area contributed by atoms with Crippen molar-refractivity contribution in [2.75, 3.05) is 25.1 Å². The second-order valence-corrected chi connectivity index (χ2v) is 7.99. The maximum atomic E-state index is 12.2. The van der Waals surface area contributed by atoms with Gasteiger partial charge in [-0.15, -0.1) is 0 Å². The molecular weight excluding hydrogens is 358 g/mol. The van der Waals surface area contributed by atoms with Crippen LogP contribution in [0.15, 0.2) is 22.7 Å². The summed E-state index contributed by atoms with van der Waals surface area (Å²) >= 11 is 3.33. The second-order valence-electron chi connectivity index (χ2n) is 5.15. The standard InChI is InChI=1S/C13H18BrN3O3S/c1-21(19,20)17-6-4-10(5-7-17)16-13(18)11-8-9(15)2-3-12(11)14/h2-3,8,10H,4-7,15H2,1H3,(H,16,18). The Labute approximate surface area is 132 Å². The molecule has 0 atom stereocenters. The monoisotopic (exact) mass is 375 g/mol. The molecule has 1 heterocycles. The van der Waals surface area contributed by atoms with Crippen LogP contribution in [-0.2, 0) is 10.0 Å². The van der Waals surface area contributed by atoms with Gasteiger partial charge in [-0.25, -0.2) is 12.7 Å².